The average Bonchev–Trinajstić information content (AvgIpc) is 2.92. The fraction of sp³-hybridized carbons (Fsp3) is 0.286. The summed E-state index contributed by atoms with van der Waals surface area (Å²) in [6.45, 7) is -0.718. The first kappa shape index (κ1) is 28.8. The number of hydrogen-bond acceptors (Lipinski definition) is 11. The third-order valence-corrected chi connectivity index (χ3v) is 6.42. The molecule has 12 heteroatoms. The molecule has 1 aliphatic heterocycles. The molecule has 0 spiro atoms. The Morgan fingerprint density at radius 2 is 1.55 bits per heavy atom. The maximum Gasteiger partial charge on any atom is 0.343 e. The largest absolute Gasteiger partial charge is 0.508 e. The predicted octanol–water partition coefficient (Wildman–Crippen LogP) is 1.01. The second-order valence-electron chi connectivity index (χ2n) is 9.20. The molecule has 0 aliphatic carbocycles. The van der Waals surface area contributed by atoms with Crippen molar-refractivity contribution in [3.05, 3.63) is 87.5 Å². The van der Waals surface area contributed by atoms with Gasteiger partial charge in [0.25, 0.3) is 0 Å². The molecular weight excluding hydrogens is 528 g/mol. The number of phenolic OH excluding ortho intramolecular Hbond substituents is 2. The van der Waals surface area contributed by atoms with Crippen LogP contribution in [-0.4, -0.2) is 79.0 Å². The number of aliphatic hydroxyl groups is 4. The van der Waals surface area contributed by atoms with Crippen LogP contribution in [0.25, 0.3) is 12.2 Å². The lowest BCUT2D eigenvalue weighted by atomic mass is 9.88. The van der Waals surface area contributed by atoms with E-state index in [1.165, 1.54) is 48.5 Å². The van der Waals surface area contributed by atoms with Gasteiger partial charge in [0.05, 0.1) is 18.6 Å². The van der Waals surface area contributed by atoms with Gasteiger partial charge in [-0.2, -0.15) is 0 Å². The standard InChI is InChI=1S/C28H28O12/c29-13-21-24(34)25(35)26(36)28(40-21)39-20-11-18(10-3-14-1-6-16(30)7-2-14)38-27(37)23(20)19(12-22(32)33)15-4-8-17(31)9-5-15/h1-11,19,21,24-26,28-31,34-36H,12-13H2,(H,32,33). The molecule has 0 bridgehead atoms. The fourth-order valence-corrected chi connectivity index (χ4v) is 4.31. The van der Waals surface area contributed by atoms with E-state index in [0.29, 0.717) is 11.1 Å². The lowest BCUT2D eigenvalue weighted by molar-refractivity contribution is -0.277. The normalized spacial score (nSPS) is 23.6. The number of aromatic hydroxyl groups is 2. The predicted molar refractivity (Wildman–Crippen MR) is 139 cm³/mol. The van der Waals surface area contributed by atoms with Crippen LogP contribution >= 0.6 is 0 Å². The maximum absolute atomic E-state index is 13.4. The summed E-state index contributed by atoms with van der Waals surface area (Å²) in [6.07, 6.45) is -5.78. The highest BCUT2D eigenvalue weighted by Gasteiger charge is 2.45. The van der Waals surface area contributed by atoms with E-state index in [4.69, 9.17) is 13.9 Å². The zero-order chi connectivity index (χ0) is 29.0. The van der Waals surface area contributed by atoms with E-state index in [9.17, 15) is 45.3 Å². The number of hydrogen-bond donors (Lipinski definition) is 7. The molecule has 1 saturated heterocycles. The van der Waals surface area contributed by atoms with E-state index in [0.717, 1.165) is 0 Å². The molecule has 1 fully saturated rings. The zero-order valence-electron chi connectivity index (χ0n) is 20.9. The maximum atomic E-state index is 13.4. The molecule has 3 aromatic rings. The average molecular weight is 557 g/mol. The summed E-state index contributed by atoms with van der Waals surface area (Å²) in [7, 11) is 0. The zero-order valence-corrected chi connectivity index (χ0v) is 20.9. The van der Waals surface area contributed by atoms with Crippen LogP contribution in [0.2, 0.25) is 0 Å². The second-order valence-corrected chi connectivity index (χ2v) is 9.20. The van der Waals surface area contributed by atoms with Crippen molar-refractivity contribution in [1.82, 2.24) is 0 Å². The summed E-state index contributed by atoms with van der Waals surface area (Å²) in [6, 6.07) is 12.9. The molecule has 0 saturated carbocycles. The molecule has 2 heterocycles. The Balaban J connectivity index is 1.81. The number of aliphatic carboxylic acids is 1. The van der Waals surface area contributed by atoms with Crippen molar-refractivity contribution < 1.29 is 54.4 Å². The fourth-order valence-electron chi connectivity index (χ4n) is 4.31. The molecule has 1 aromatic heterocycles. The number of phenols is 2. The minimum atomic E-state index is -1.81. The molecule has 212 valence electrons. The smallest absolute Gasteiger partial charge is 0.343 e. The van der Waals surface area contributed by atoms with Crippen LogP contribution in [0.5, 0.6) is 17.2 Å². The number of carbonyl (C=O) groups is 1. The van der Waals surface area contributed by atoms with Gasteiger partial charge in [-0.1, -0.05) is 30.3 Å². The third kappa shape index (κ3) is 6.50. The van der Waals surface area contributed by atoms with Crippen molar-refractivity contribution in [3.63, 3.8) is 0 Å². The molecule has 6 unspecified atom stereocenters. The molecular formula is C28H28O12. The van der Waals surface area contributed by atoms with E-state index >= 15 is 0 Å². The lowest BCUT2D eigenvalue weighted by Crippen LogP contribution is -2.60. The first-order valence-corrected chi connectivity index (χ1v) is 12.2. The van der Waals surface area contributed by atoms with Crippen molar-refractivity contribution in [2.45, 2.75) is 43.0 Å². The van der Waals surface area contributed by atoms with Crippen LogP contribution in [0.3, 0.4) is 0 Å². The Morgan fingerprint density at radius 3 is 2.15 bits per heavy atom. The summed E-state index contributed by atoms with van der Waals surface area (Å²) < 4.78 is 16.7. The van der Waals surface area contributed by atoms with Gasteiger partial charge >= 0.3 is 11.6 Å². The van der Waals surface area contributed by atoms with E-state index < -0.39 is 61.2 Å². The topological polar surface area (TPSA) is 207 Å². The highest BCUT2D eigenvalue weighted by atomic mass is 16.7. The van der Waals surface area contributed by atoms with Crippen LogP contribution in [-0.2, 0) is 9.53 Å². The Kier molecular flexibility index (Phi) is 8.87. The summed E-state index contributed by atoms with van der Waals surface area (Å²) in [5, 5.41) is 69.2. The Bertz CT molecular complexity index is 1390. The first-order valence-electron chi connectivity index (χ1n) is 12.2. The monoisotopic (exact) mass is 556 g/mol. The van der Waals surface area contributed by atoms with Crippen LogP contribution in [0.1, 0.15) is 34.8 Å². The van der Waals surface area contributed by atoms with Crippen LogP contribution < -0.4 is 10.4 Å². The minimum Gasteiger partial charge on any atom is -0.508 e. The summed E-state index contributed by atoms with van der Waals surface area (Å²) >= 11 is 0. The van der Waals surface area contributed by atoms with E-state index in [-0.39, 0.29) is 28.6 Å². The quantitative estimate of drug-likeness (QED) is 0.197. The summed E-state index contributed by atoms with van der Waals surface area (Å²) in [5.74, 6) is -2.69. The van der Waals surface area contributed by atoms with Crippen molar-refractivity contribution in [2.75, 3.05) is 6.61 Å². The van der Waals surface area contributed by atoms with Crippen molar-refractivity contribution in [1.29, 1.82) is 0 Å². The molecule has 4 rings (SSSR count). The van der Waals surface area contributed by atoms with Gasteiger partial charge in [-0.05, 0) is 41.5 Å². The molecule has 7 N–H and O–H groups in total. The number of carboxylic acid groups (broad SMARTS) is 1. The SMILES string of the molecule is O=C(O)CC(c1ccc(O)cc1)c1c(OC2OC(CO)C(O)C(O)C2O)cc(C=Cc2ccc(O)cc2)oc1=O. The van der Waals surface area contributed by atoms with Crippen LogP contribution in [0.4, 0.5) is 0 Å². The van der Waals surface area contributed by atoms with Crippen LogP contribution in [0, 0.1) is 0 Å². The number of rotatable bonds is 9. The molecule has 6 atom stereocenters. The minimum absolute atomic E-state index is 0.0267. The molecule has 0 amide bonds. The number of aliphatic hydroxyl groups excluding tert-OH is 4. The molecule has 12 nitrogen and oxygen atoms in total. The lowest BCUT2D eigenvalue weighted by Gasteiger charge is -2.39. The summed E-state index contributed by atoms with van der Waals surface area (Å²) in [5.41, 5.74) is -0.231. The highest BCUT2D eigenvalue weighted by Crippen LogP contribution is 2.36. The molecule has 0 radical (unpaired) electrons. The molecule has 2 aromatic carbocycles. The molecule has 40 heavy (non-hydrogen) atoms. The van der Waals surface area contributed by atoms with Crippen molar-refractivity contribution in [2.24, 2.45) is 0 Å². The summed E-state index contributed by atoms with van der Waals surface area (Å²) in [4.78, 5) is 25.1. The third-order valence-electron chi connectivity index (χ3n) is 6.42. The van der Waals surface area contributed by atoms with Gasteiger partial charge in [-0.3, -0.25) is 4.79 Å². The Morgan fingerprint density at radius 1 is 0.925 bits per heavy atom. The van der Waals surface area contributed by atoms with Crippen LogP contribution in [0.15, 0.2) is 63.8 Å². The van der Waals surface area contributed by atoms with E-state index in [1.54, 1.807) is 18.2 Å². The van der Waals surface area contributed by atoms with E-state index in [1.807, 2.05) is 0 Å². The number of benzene rings is 2. The van der Waals surface area contributed by atoms with Gasteiger partial charge in [0.15, 0.2) is 0 Å². The van der Waals surface area contributed by atoms with Gasteiger partial charge in [0, 0.05) is 12.0 Å². The second kappa shape index (κ2) is 12.3. The van der Waals surface area contributed by atoms with Gasteiger partial charge in [-0.25, -0.2) is 4.79 Å². The van der Waals surface area contributed by atoms with Crippen molar-refractivity contribution >= 4 is 18.1 Å². The highest BCUT2D eigenvalue weighted by molar-refractivity contribution is 5.70. The van der Waals surface area contributed by atoms with Gasteiger partial charge in [0.1, 0.15) is 47.4 Å². The Hall–Kier alpha value is -4.20. The Labute approximate surface area is 227 Å². The first-order chi connectivity index (χ1) is 19.1. The molecule has 1 aliphatic rings. The number of ether oxygens (including phenoxy) is 2. The number of carboxylic acids is 1. The van der Waals surface area contributed by atoms with E-state index in [2.05, 4.69) is 0 Å². The van der Waals surface area contributed by atoms with Gasteiger partial charge in [-0.15, -0.1) is 0 Å². The van der Waals surface area contributed by atoms with Gasteiger partial charge in [0.2, 0.25) is 6.29 Å². The van der Waals surface area contributed by atoms with Crippen molar-refractivity contribution in [3.8, 4) is 17.2 Å². The van der Waals surface area contributed by atoms with Gasteiger partial charge < -0.3 is 49.6 Å².